The third-order valence-corrected chi connectivity index (χ3v) is 4.02. The zero-order valence-electron chi connectivity index (χ0n) is 14.2. The monoisotopic (exact) mass is 385 g/mol. The molecule has 2 aromatic rings. The molecule has 0 radical (unpaired) electrons. The van der Waals surface area contributed by atoms with Crippen molar-refractivity contribution in [2.24, 2.45) is 0 Å². The average Bonchev–Trinajstić information content (AvgIpc) is 2.56. The number of thioether (sulfide) groups is 1. The number of alkyl halides is 3. The smallest absolute Gasteiger partial charge is 0.446 e. The second-order valence-corrected chi connectivity index (χ2v) is 6.51. The van der Waals surface area contributed by atoms with Crippen LogP contribution in [0.2, 0.25) is 0 Å². The van der Waals surface area contributed by atoms with E-state index in [4.69, 9.17) is 9.47 Å². The number of carbonyl (C=O) groups excluding carboxylic acids is 1. The molecule has 2 rings (SSSR count). The highest BCUT2D eigenvalue weighted by molar-refractivity contribution is 8.00. The molecule has 0 saturated carbocycles. The second-order valence-electron chi connectivity index (χ2n) is 5.37. The number of ether oxygens (including phenoxy) is 2. The molecule has 0 aliphatic heterocycles. The predicted molar refractivity (Wildman–Crippen MR) is 94.9 cm³/mol. The molecule has 0 bridgehead atoms. The van der Waals surface area contributed by atoms with Gasteiger partial charge in [-0.25, -0.2) is 0 Å². The Labute approximate surface area is 153 Å². The summed E-state index contributed by atoms with van der Waals surface area (Å²) in [7, 11) is 1.56. The van der Waals surface area contributed by atoms with Gasteiger partial charge >= 0.3 is 5.51 Å². The van der Waals surface area contributed by atoms with Crippen molar-refractivity contribution in [3.63, 3.8) is 0 Å². The fourth-order valence-corrected chi connectivity index (χ4v) is 2.63. The fourth-order valence-electron chi connectivity index (χ4n) is 2.09. The first-order valence-corrected chi connectivity index (χ1v) is 8.49. The van der Waals surface area contributed by atoms with E-state index < -0.39 is 11.4 Å². The van der Waals surface area contributed by atoms with Crippen LogP contribution in [0.3, 0.4) is 0 Å². The van der Waals surface area contributed by atoms with Crippen LogP contribution in [0.5, 0.6) is 5.75 Å². The molecule has 1 N–H and O–H groups in total. The first kappa shape index (κ1) is 20.1. The summed E-state index contributed by atoms with van der Waals surface area (Å²) >= 11 is -0.223. The van der Waals surface area contributed by atoms with Gasteiger partial charge in [0.15, 0.2) is 0 Å². The number of hydrogen-bond acceptors (Lipinski definition) is 4. The molecule has 0 unspecified atom stereocenters. The molecule has 0 saturated heterocycles. The number of amides is 1. The fraction of sp³-hybridized carbons (Fsp3) is 0.278. The van der Waals surface area contributed by atoms with Gasteiger partial charge in [-0.1, -0.05) is 6.07 Å². The second kappa shape index (κ2) is 8.95. The number of aryl methyl sites for hydroxylation is 1. The summed E-state index contributed by atoms with van der Waals surface area (Å²) in [4.78, 5) is 12.4. The highest BCUT2D eigenvalue weighted by Gasteiger charge is 2.29. The Morgan fingerprint density at radius 3 is 2.42 bits per heavy atom. The minimum Gasteiger partial charge on any atom is -0.489 e. The van der Waals surface area contributed by atoms with Gasteiger partial charge < -0.3 is 14.8 Å². The first-order valence-electron chi connectivity index (χ1n) is 7.68. The van der Waals surface area contributed by atoms with E-state index in [2.05, 4.69) is 5.32 Å². The summed E-state index contributed by atoms with van der Waals surface area (Å²) in [5.74, 6) is 0.0636. The number of hydrogen-bond donors (Lipinski definition) is 1. The van der Waals surface area contributed by atoms with E-state index in [1.807, 2.05) is 13.0 Å². The largest absolute Gasteiger partial charge is 0.489 e. The number of halogens is 3. The normalized spacial score (nSPS) is 11.3. The van der Waals surface area contributed by atoms with Gasteiger partial charge in [-0.2, -0.15) is 13.2 Å². The van der Waals surface area contributed by atoms with Crippen LogP contribution in [0.4, 0.5) is 18.9 Å². The molecule has 0 atom stereocenters. The van der Waals surface area contributed by atoms with Crippen LogP contribution in [0.1, 0.15) is 15.9 Å². The number of carbonyl (C=O) groups is 1. The number of nitrogens with one attached hydrogen (secondary N) is 1. The lowest BCUT2D eigenvalue weighted by atomic mass is 10.2. The van der Waals surface area contributed by atoms with Crippen LogP contribution in [0.25, 0.3) is 0 Å². The summed E-state index contributed by atoms with van der Waals surface area (Å²) in [5, 5.41) is 2.71. The van der Waals surface area contributed by atoms with Crippen LogP contribution in [0.15, 0.2) is 47.4 Å². The number of benzene rings is 2. The van der Waals surface area contributed by atoms with Gasteiger partial charge in [-0.05, 0) is 60.6 Å². The molecule has 1 amide bonds. The standard InChI is InChI=1S/C18H18F3NO3S/c1-12-3-8-15(16(11-12)25-10-9-24-2)22-17(23)13-4-6-14(7-5-13)26-18(19,20)21/h3-8,11H,9-10H2,1-2H3,(H,22,23). The zero-order valence-corrected chi connectivity index (χ0v) is 15.0. The summed E-state index contributed by atoms with van der Waals surface area (Å²) in [6, 6.07) is 10.5. The SMILES string of the molecule is COCCOc1cc(C)ccc1NC(=O)c1ccc(SC(F)(F)F)cc1. The van der Waals surface area contributed by atoms with Crippen molar-refractivity contribution >= 4 is 23.4 Å². The molecule has 26 heavy (non-hydrogen) atoms. The third kappa shape index (κ3) is 6.27. The maximum atomic E-state index is 12.4. The first-order chi connectivity index (χ1) is 12.3. The maximum Gasteiger partial charge on any atom is 0.446 e. The number of rotatable bonds is 7. The molecular weight excluding hydrogens is 367 g/mol. The minimum absolute atomic E-state index is 0.0213. The highest BCUT2D eigenvalue weighted by atomic mass is 32.2. The quantitative estimate of drug-likeness (QED) is 0.545. The topological polar surface area (TPSA) is 47.6 Å². The molecule has 0 fully saturated rings. The Morgan fingerprint density at radius 1 is 1.12 bits per heavy atom. The lowest BCUT2D eigenvalue weighted by molar-refractivity contribution is -0.0328. The maximum absolute atomic E-state index is 12.4. The van der Waals surface area contributed by atoms with Crippen LogP contribution in [-0.4, -0.2) is 31.7 Å². The summed E-state index contributed by atoms with van der Waals surface area (Å²) in [6.45, 7) is 2.62. The van der Waals surface area contributed by atoms with Gasteiger partial charge in [0.25, 0.3) is 5.91 Å². The van der Waals surface area contributed by atoms with E-state index in [-0.39, 0.29) is 22.2 Å². The van der Waals surface area contributed by atoms with E-state index in [1.165, 1.54) is 24.3 Å². The van der Waals surface area contributed by atoms with Crippen LogP contribution in [0, 0.1) is 6.92 Å². The summed E-state index contributed by atoms with van der Waals surface area (Å²) in [6.07, 6.45) is 0. The van der Waals surface area contributed by atoms with Crippen molar-refractivity contribution < 1.29 is 27.4 Å². The Kier molecular flexibility index (Phi) is 6.93. The van der Waals surface area contributed by atoms with Crippen molar-refractivity contribution in [2.45, 2.75) is 17.3 Å². The zero-order chi connectivity index (χ0) is 19.2. The molecule has 2 aromatic carbocycles. The molecule has 8 heteroatoms. The predicted octanol–water partition coefficient (Wildman–Crippen LogP) is 4.88. The van der Waals surface area contributed by atoms with Crippen molar-refractivity contribution in [1.82, 2.24) is 0 Å². The lowest BCUT2D eigenvalue weighted by Crippen LogP contribution is -2.14. The van der Waals surface area contributed by atoms with Gasteiger partial charge in [-0.15, -0.1) is 0 Å². The Morgan fingerprint density at radius 2 is 1.81 bits per heavy atom. The van der Waals surface area contributed by atoms with E-state index in [0.29, 0.717) is 24.7 Å². The van der Waals surface area contributed by atoms with Gasteiger partial charge in [0, 0.05) is 17.6 Å². The van der Waals surface area contributed by atoms with Crippen molar-refractivity contribution in [1.29, 1.82) is 0 Å². The minimum atomic E-state index is -4.36. The molecule has 0 spiro atoms. The van der Waals surface area contributed by atoms with E-state index in [0.717, 1.165) is 5.56 Å². The third-order valence-electron chi connectivity index (χ3n) is 3.28. The van der Waals surface area contributed by atoms with E-state index >= 15 is 0 Å². The van der Waals surface area contributed by atoms with Crippen molar-refractivity contribution in [3.05, 3.63) is 53.6 Å². The van der Waals surface area contributed by atoms with Gasteiger partial charge in [0.1, 0.15) is 12.4 Å². The average molecular weight is 385 g/mol. The Balaban J connectivity index is 2.09. The molecule has 0 aliphatic rings. The van der Waals surface area contributed by atoms with E-state index in [1.54, 1.807) is 19.2 Å². The van der Waals surface area contributed by atoms with Gasteiger partial charge in [0.05, 0.1) is 12.3 Å². The lowest BCUT2D eigenvalue weighted by Gasteiger charge is -2.13. The van der Waals surface area contributed by atoms with Crippen LogP contribution >= 0.6 is 11.8 Å². The highest BCUT2D eigenvalue weighted by Crippen LogP contribution is 2.36. The molecule has 0 heterocycles. The number of methoxy groups -OCH3 is 1. The van der Waals surface area contributed by atoms with Crippen molar-refractivity contribution in [3.8, 4) is 5.75 Å². The molecular formula is C18H18F3NO3S. The van der Waals surface area contributed by atoms with Gasteiger partial charge in [-0.3, -0.25) is 4.79 Å². The molecule has 140 valence electrons. The van der Waals surface area contributed by atoms with E-state index in [9.17, 15) is 18.0 Å². The van der Waals surface area contributed by atoms with Crippen LogP contribution < -0.4 is 10.1 Å². The Hall–Kier alpha value is -2.19. The molecule has 0 aliphatic carbocycles. The number of anilines is 1. The Bertz CT molecular complexity index is 748. The van der Waals surface area contributed by atoms with Gasteiger partial charge in [0.2, 0.25) is 0 Å². The summed E-state index contributed by atoms with van der Waals surface area (Å²) < 4.78 is 47.6. The van der Waals surface area contributed by atoms with Crippen molar-refractivity contribution in [2.75, 3.05) is 25.6 Å². The van der Waals surface area contributed by atoms with Crippen LogP contribution in [-0.2, 0) is 4.74 Å². The molecule has 4 nitrogen and oxygen atoms in total. The summed E-state index contributed by atoms with van der Waals surface area (Å²) in [5.41, 5.74) is -2.67. The molecule has 0 aromatic heterocycles.